The van der Waals surface area contributed by atoms with E-state index >= 15 is 4.39 Å². The minimum atomic E-state index is -3.18. The van der Waals surface area contributed by atoms with Crippen molar-refractivity contribution in [3.05, 3.63) is 63.8 Å². The molecular formula is C24H27FN2O4S. The molecule has 0 N–H and O–H groups in total. The zero-order valence-corrected chi connectivity index (χ0v) is 19.5. The molecule has 1 aliphatic rings. The molecule has 6 nitrogen and oxygen atoms in total. The Kier molecular flexibility index (Phi) is 5.40. The fourth-order valence-corrected chi connectivity index (χ4v) is 6.92. The number of hydrogen-bond donors (Lipinski definition) is 0. The number of carbonyl (C=O) groups is 1. The molecule has 3 aromatic rings. The lowest BCUT2D eigenvalue weighted by Crippen LogP contribution is -2.24. The van der Waals surface area contributed by atoms with Crippen LogP contribution in [-0.2, 0) is 9.84 Å². The molecule has 170 valence electrons. The standard InChI is InChI=1S/C24H27FN2O4S/c1-15(2)26-20-11-18(22(28)13-24(4)8-9-32(30,31)14-24)19(25)12-21(20)27(23(26)29)17-7-5-6-16(3)10-17/h5-7,10-12,15H,8-9,13-14H2,1-4H3/t24-/m0/s1. The Labute approximate surface area is 186 Å². The summed E-state index contributed by atoms with van der Waals surface area (Å²) in [5, 5.41) is 0. The molecule has 2 heterocycles. The van der Waals surface area contributed by atoms with E-state index in [1.54, 1.807) is 17.6 Å². The SMILES string of the molecule is Cc1cccc(-n2c(=O)n(C(C)C)c3cc(C(=O)C[C@]4(C)CCS(=O)(=O)C4)c(F)cc32)c1. The molecule has 0 unspecified atom stereocenters. The molecular weight excluding hydrogens is 431 g/mol. The molecule has 0 bridgehead atoms. The van der Waals surface area contributed by atoms with E-state index < -0.39 is 26.9 Å². The van der Waals surface area contributed by atoms with Crippen LogP contribution in [0.25, 0.3) is 16.7 Å². The van der Waals surface area contributed by atoms with Crippen LogP contribution in [0.4, 0.5) is 4.39 Å². The van der Waals surface area contributed by atoms with Gasteiger partial charge in [0.15, 0.2) is 15.6 Å². The van der Waals surface area contributed by atoms with Crippen LogP contribution in [0.2, 0.25) is 0 Å². The molecule has 1 aromatic heterocycles. The van der Waals surface area contributed by atoms with Crippen LogP contribution in [0.1, 0.15) is 55.6 Å². The van der Waals surface area contributed by atoms with E-state index in [0.29, 0.717) is 23.1 Å². The molecule has 0 amide bonds. The van der Waals surface area contributed by atoms with Gasteiger partial charge >= 0.3 is 5.69 Å². The Bertz CT molecular complexity index is 1400. The van der Waals surface area contributed by atoms with Gasteiger partial charge in [0.25, 0.3) is 0 Å². The van der Waals surface area contributed by atoms with E-state index in [4.69, 9.17) is 0 Å². The van der Waals surface area contributed by atoms with Crippen molar-refractivity contribution < 1.29 is 17.6 Å². The highest BCUT2D eigenvalue weighted by Crippen LogP contribution is 2.37. The molecule has 1 saturated heterocycles. The van der Waals surface area contributed by atoms with Gasteiger partial charge < -0.3 is 0 Å². The number of imidazole rings is 1. The maximum absolute atomic E-state index is 15.2. The second kappa shape index (κ2) is 7.69. The molecule has 2 aromatic carbocycles. The lowest BCUT2D eigenvalue weighted by molar-refractivity contribution is 0.0930. The summed E-state index contributed by atoms with van der Waals surface area (Å²) in [5.74, 6) is -1.19. The number of ketones is 1. The van der Waals surface area contributed by atoms with Crippen LogP contribution < -0.4 is 5.69 Å². The van der Waals surface area contributed by atoms with E-state index in [2.05, 4.69) is 0 Å². The number of benzene rings is 2. The number of sulfone groups is 1. The van der Waals surface area contributed by atoms with Crippen molar-refractivity contribution in [1.29, 1.82) is 0 Å². The molecule has 0 saturated carbocycles. The third-order valence-electron chi connectivity index (χ3n) is 6.21. The van der Waals surface area contributed by atoms with Gasteiger partial charge in [-0.25, -0.2) is 17.6 Å². The molecule has 0 radical (unpaired) electrons. The number of halogens is 1. The summed E-state index contributed by atoms with van der Waals surface area (Å²) in [5.41, 5.74) is 1.33. The first-order valence-corrected chi connectivity index (χ1v) is 12.5. The smallest absolute Gasteiger partial charge is 0.294 e. The highest BCUT2D eigenvalue weighted by atomic mass is 32.2. The van der Waals surface area contributed by atoms with E-state index in [0.717, 1.165) is 5.56 Å². The van der Waals surface area contributed by atoms with Gasteiger partial charge in [-0.05, 0) is 56.4 Å². The van der Waals surface area contributed by atoms with Gasteiger partial charge in [-0.1, -0.05) is 19.1 Å². The zero-order valence-electron chi connectivity index (χ0n) is 18.7. The van der Waals surface area contributed by atoms with Gasteiger partial charge in [-0.3, -0.25) is 13.9 Å². The van der Waals surface area contributed by atoms with Crippen LogP contribution in [0.5, 0.6) is 0 Å². The number of rotatable bonds is 5. The first kappa shape index (κ1) is 22.5. The zero-order chi connectivity index (χ0) is 23.4. The number of aromatic nitrogens is 2. The second-order valence-corrected chi connectivity index (χ2v) is 11.7. The Morgan fingerprint density at radius 1 is 1.19 bits per heavy atom. The summed E-state index contributed by atoms with van der Waals surface area (Å²) in [6.45, 7) is 7.38. The van der Waals surface area contributed by atoms with Gasteiger partial charge in [0.1, 0.15) is 5.82 Å². The number of aryl methyl sites for hydroxylation is 1. The molecule has 1 fully saturated rings. The predicted molar refractivity (Wildman–Crippen MR) is 123 cm³/mol. The van der Waals surface area contributed by atoms with Crippen molar-refractivity contribution in [2.24, 2.45) is 5.41 Å². The number of hydrogen-bond acceptors (Lipinski definition) is 4. The average Bonchev–Trinajstić information content (AvgIpc) is 3.12. The van der Waals surface area contributed by atoms with Crippen molar-refractivity contribution in [2.45, 2.75) is 46.6 Å². The van der Waals surface area contributed by atoms with Gasteiger partial charge in [-0.15, -0.1) is 0 Å². The van der Waals surface area contributed by atoms with Gasteiger partial charge in [0, 0.05) is 18.5 Å². The highest BCUT2D eigenvalue weighted by molar-refractivity contribution is 7.91. The van der Waals surface area contributed by atoms with Crippen molar-refractivity contribution in [3.8, 4) is 5.69 Å². The summed E-state index contributed by atoms with van der Waals surface area (Å²) in [4.78, 5) is 26.3. The topological polar surface area (TPSA) is 78.1 Å². The van der Waals surface area contributed by atoms with Crippen molar-refractivity contribution in [3.63, 3.8) is 0 Å². The summed E-state index contributed by atoms with van der Waals surface area (Å²) < 4.78 is 42.0. The molecule has 4 rings (SSSR count). The summed E-state index contributed by atoms with van der Waals surface area (Å²) >= 11 is 0. The summed E-state index contributed by atoms with van der Waals surface area (Å²) in [6.07, 6.45) is 0.324. The maximum atomic E-state index is 15.2. The van der Waals surface area contributed by atoms with Crippen LogP contribution >= 0.6 is 0 Å². The number of carbonyl (C=O) groups excluding carboxylic acids is 1. The Balaban J connectivity index is 1.85. The largest absolute Gasteiger partial charge is 0.333 e. The third-order valence-corrected chi connectivity index (χ3v) is 8.17. The van der Waals surface area contributed by atoms with Crippen LogP contribution in [0.15, 0.2) is 41.2 Å². The molecule has 1 aliphatic heterocycles. The highest BCUT2D eigenvalue weighted by Gasteiger charge is 2.40. The fourth-order valence-electron chi connectivity index (χ4n) is 4.67. The van der Waals surface area contributed by atoms with Crippen molar-refractivity contribution >= 4 is 26.7 Å². The van der Waals surface area contributed by atoms with Crippen LogP contribution in [0.3, 0.4) is 0 Å². The minimum Gasteiger partial charge on any atom is -0.294 e. The van der Waals surface area contributed by atoms with Crippen LogP contribution in [-0.4, -0.2) is 34.8 Å². The molecule has 0 aliphatic carbocycles. The summed E-state index contributed by atoms with van der Waals surface area (Å²) in [6, 6.07) is 9.85. The van der Waals surface area contributed by atoms with E-state index in [9.17, 15) is 18.0 Å². The first-order chi connectivity index (χ1) is 14.9. The Hall–Kier alpha value is -2.74. The van der Waals surface area contributed by atoms with Crippen molar-refractivity contribution in [2.75, 3.05) is 11.5 Å². The molecule has 8 heteroatoms. The third kappa shape index (κ3) is 3.92. The fraction of sp³-hybridized carbons (Fsp3) is 0.417. The van der Waals surface area contributed by atoms with Gasteiger partial charge in [0.2, 0.25) is 0 Å². The number of nitrogens with zero attached hydrogens (tertiary/aromatic N) is 2. The van der Waals surface area contributed by atoms with E-state index in [-0.39, 0.29) is 35.2 Å². The minimum absolute atomic E-state index is 0.0462. The lowest BCUT2D eigenvalue weighted by atomic mass is 9.83. The normalized spacial score (nSPS) is 20.3. The molecule has 32 heavy (non-hydrogen) atoms. The predicted octanol–water partition coefficient (Wildman–Crippen LogP) is 4.22. The van der Waals surface area contributed by atoms with Crippen molar-refractivity contribution in [1.82, 2.24) is 9.13 Å². The maximum Gasteiger partial charge on any atom is 0.333 e. The quantitative estimate of drug-likeness (QED) is 0.537. The Morgan fingerprint density at radius 2 is 1.91 bits per heavy atom. The van der Waals surface area contributed by atoms with Crippen LogP contribution in [0, 0.1) is 18.2 Å². The molecule has 1 atom stereocenters. The van der Waals surface area contributed by atoms with Gasteiger partial charge in [0.05, 0.1) is 33.8 Å². The van der Waals surface area contributed by atoms with E-state index in [1.807, 2.05) is 39.0 Å². The second-order valence-electron chi connectivity index (χ2n) is 9.49. The monoisotopic (exact) mass is 458 g/mol. The molecule has 0 spiro atoms. The summed E-state index contributed by atoms with van der Waals surface area (Å²) in [7, 11) is -3.18. The Morgan fingerprint density at radius 3 is 2.50 bits per heavy atom. The van der Waals surface area contributed by atoms with Gasteiger partial charge in [-0.2, -0.15) is 0 Å². The number of Topliss-reactive ketones (excluding diaryl/α,β-unsaturated/α-hetero) is 1. The first-order valence-electron chi connectivity index (χ1n) is 10.7. The lowest BCUT2D eigenvalue weighted by Gasteiger charge is -2.21. The number of fused-ring (bicyclic) bond motifs is 1. The average molecular weight is 459 g/mol. The van der Waals surface area contributed by atoms with E-state index in [1.165, 1.54) is 16.7 Å².